The number of anilines is 1. The first kappa shape index (κ1) is 18.2. The molecule has 0 aliphatic carbocycles. The number of aromatic nitrogens is 1. The number of hydrogen-bond donors (Lipinski definition) is 1. The third-order valence-corrected chi connectivity index (χ3v) is 5.64. The second-order valence-electron chi connectivity index (χ2n) is 7.52. The molecule has 2 saturated heterocycles. The fraction of sp³-hybridized carbons (Fsp3) is 0.524. The lowest BCUT2D eigenvalue weighted by Gasteiger charge is -2.34. The zero-order chi connectivity index (χ0) is 18.6. The highest BCUT2D eigenvalue weighted by Crippen LogP contribution is 2.30. The van der Waals surface area contributed by atoms with Crippen LogP contribution >= 0.6 is 0 Å². The SMILES string of the molecule is NC(=O)c1ccc2cncc(N3CCC(COC4CCCCO4)CC3)c2c1. The van der Waals surface area contributed by atoms with Gasteiger partial charge in [0.2, 0.25) is 5.91 Å². The van der Waals surface area contributed by atoms with E-state index in [2.05, 4.69) is 9.88 Å². The molecule has 1 aromatic heterocycles. The van der Waals surface area contributed by atoms with Crippen molar-refractivity contribution in [1.29, 1.82) is 0 Å². The minimum absolute atomic E-state index is 0.00809. The highest BCUT2D eigenvalue weighted by Gasteiger charge is 2.23. The molecular weight excluding hydrogens is 342 g/mol. The van der Waals surface area contributed by atoms with Gasteiger partial charge in [0.05, 0.1) is 18.5 Å². The summed E-state index contributed by atoms with van der Waals surface area (Å²) >= 11 is 0. The van der Waals surface area contributed by atoms with Gasteiger partial charge < -0.3 is 20.1 Å². The molecule has 1 aromatic carbocycles. The Labute approximate surface area is 159 Å². The quantitative estimate of drug-likeness (QED) is 0.876. The maximum absolute atomic E-state index is 11.5. The summed E-state index contributed by atoms with van der Waals surface area (Å²) in [4.78, 5) is 18.3. The van der Waals surface area contributed by atoms with E-state index in [-0.39, 0.29) is 6.29 Å². The van der Waals surface area contributed by atoms with Gasteiger partial charge in [-0.2, -0.15) is 0 Å². The number of benzene rings is 1. The molecule has 3 heterocycles. The van der Waals surface area contributed by atoms with Crippen molar-refractivity contribution < 1.29 is 14.3 Å². The number of hydrogen-bond acceptors (Lipinski definition) is 5. The van der Waals surface area contributed by atoms with Crippen molar-refractivity contribution in [1.82, 2.24) is 4.98 Å². The van der Waals surface area contributed by atoms with Crippen LogP contribution in [0, 0.1) is 5.92 Å². The van der Waals surface area contributed by atoms with Gasteiger partial charge in [0.15, 0.2) is 6.29 Å². The number of pyridine rings is 1. The Morgan fingerprint density at radius 2 is 2.07 bits per heavy atom. The van der Waals surface area contributed by atoms with E-state index in [0.29, 0.717) is 11.5 Å². The van der Waals surface area contributed by atoms with Gasteiger partial charge in [-0.3, -0.25) is 9.78 Å². The smallest absolute Gasteiger partial charge is 0.248 e. The minimum Gasteiger partial charge on any atom is -0.370 e. The average Bonchev–Trinajstić information content (AvgIpc) is 2.72. The van der Waals surface area contributed by atoms with Crippen LogP contribution in [-0.2, 0) is 9.47 Å². The molecule has 2 aliphatic rings. The van der Waals surface area contributed by atoms with Gasteiger partial charge in [-0.05, 0) is 50.2 Å². The van der Waals surface area contributed by atoms with Crippen molar-refractivity contribution in [2.24, 2.45) is 11.7 Å². The molecule has 27 heavy (non-hydrogen) atoms. The lowest BCUT2D eigenvalue weighted by molar-refractivity contribution is -0.169. The predicted octanol–water partition coefficient (Wildman–Crippen LogP) is 3.09. The maximum Gasteiger partial charge on any atom is 0.248 e. The van der Waals surface area contributed by atoms with Crippen molar-refractivity contribution in [3.8, 4) is 0 Å². The van der Waals surface area contributed by atoms with Crippen LogP contribution in [-0.4, -0.2) is 43.5 Å². The van der Waals surface area contributed by atoms with E-state index in [4.69, 9.17) is 15.2 Å². The third kappa shape index (κ3) is 4.22. The van der Waals surface area contributed by atoms with E-state index in [9.17, 15) is 4.79 Å². The van der Waals surface area contributed by atoms with E-state index >= 15 is 0 Å². The summed E-state index contributed by atoms with van der Waals surface area (Å²) in [5, 5.41) is 2.06. The number of carbonyl (C=O) groups is 1. The summed E-state index contributed by atoms with van der Waals surface area (Å²) in [6.45, 7) is 3.52. The summed E-state index contributed by atoms with van der Waals surface area (Å²) in [7, 11) is 0. The van der Waals surface area contributed by atoms with Gasteiger partial charge in [0, 0.05) is 42.2 Å². The van der Waals surface area contributed by atoms with Gasteiger partial charge in [-0.15, -0.1) is 0 Å². The van der Waals surface area contributed by atoms with Crippen LogP contribution < -0.4 is 10.6 Å². The van der Waals surface area contributed by atoms with Gasteiger partial charge >= 0.3 is 0 Å². The predicted molar refractivity (Wildman–Crippen MR) is 105 cm³/mol. The topological polar surface area (TPSA) is 77.7 Å². The molecule has 1 atom stereocenters. The van der Waals surface area contributed by atoms with Crippen molar-refractivity contribution >= 4 is 22.4 Å². The Bertz CT molecular complexity index is 796. The van der Waals surface area contributed by atoms with E-state index in [1.807, 2.05) is 24.5 Å². The first-order valence-electron chi connectivity index (χ1n) is 9.86. The fourth-order valence-electron chi connectivity index (χ4n) is 3.98. The van der Waals surface area contributed by atoms with Gasteiger partial charge in [0.1, 0.15) is 0 Å². The number of primary amides is 1. The Kier molecular flexibility index (Phi) is 5.55. The summed E-state index contributed by atoms with van der Waals surface area (Å²) in [6, 6.07) is 5.55. The molecule has 6 heteroatoms. The second-order valence-corrected chi connectivity index (χ2v) is 7.52. The van der Waals surface area contributed by atoms with Gasteiger partial charge in [0.25, 0.3) is 0 Å². The molecule has 2 aromatic rings. The third-order valence-electron chi connectivity index (χ3n) is 5.64. The van der Waals surface area contributed by atoms with Crippen LogP contribution in [0.5, 0.6) is 0 Å². The van der Waals surface area contributed by atoms with Gasteiger partial charge in [-0.1, -0.05) is 6.07 Å². The van der Waals surface area contributed by atoms with Crippen LogP contribution in [0.2, 0.25) is 0 Å². The Balaban J connectivity index is 1.40. The van der Waals surface area contributed by atoms with Crippen LogP contribution in [0.3, 0.4) is 0 Å². The van der Waals surface area contributed by atoms with E-state index < -0.39 is 5.91 Å². The van der Waals surface area contributed by atoms with E-state index in [1.54, 1.807) is 6.07 Å². The van der Waals surface area contributed by atoms with Crippen LogP contribution in [0.25, 0.3) is 10.8 Å². The summed E-state index contributed by atoms with van der Waals surface area (Å²) < 4.78 is 11.6. The second kappa shape index (κ2) is 8.23. The summed E-state index contributed by atoms with van der Waals surface area (Å²) in [6.07, 6.45) is 9.24. The molecule has 2 N–H and O–H groups in total. The zero-order valence-electron chi connectivity index (χ0n) is 15.6. The molecule has 0 bridgehead atoms. The molecule has 1 unspecified atom stereocenters. The van der Waals surface area contributed by atoms with Gasteiger partial charge in [-0.25, -0.2) is 0 Å². The first-order chi connectivity index (χ1) is 13.2. The number of nitrogens with two attached hydrogens (primary N) is 1. The molecule has 2 fully saturated rings. The number of piperidine rings is 1. The largest absolute Gasteiger partial charge is 0.370 e. The van der Waals surface area contributed by atoms with Crippen LogP contribution in [0.4, 0.5) is 5.69 Å². The summed E-state index contributed by atoms with van der Waals surface area (Å²) in [5.74, 6) is 0.163. The highest BCUT2D eigenvalue weighted by atomic mass is 16.7. The van der Waals surface area contributed by atoms with Crippen LogP contribution in [0.15, 0.2) is 30.6 Å². The van der Waals surface area contributed by atoms with Crippen molar-refractivity contribution in [2.45, 2.75) is 38.4 Å². The van der Waals surface area contributed by atoms with E-state index in [0.717, 1.165) is 68.4 Å². The zero-order valence-corrected chi connectivity index (χ0v) is 15.6. The van der Waals surface area contributed by atoms with Crippen molar-refractivity contribution in [3.63, 3.8) is 0 Å². The minimum atomic E-state index is -0.402. The van der Waals surface area contributed by atoms with Crippen LogP contribution in [0.1, 0.15) is 42.5 Å². The molecule has 2 aliphatic heterocycles. The Hall–Kier alpha value is -2.18. The normalized spacial score (nSPS) is 21.5. The summed E-state index contributed by atoms with van der Waals surface area (Å²) in [5.41, 5.74) is 7.06. The van der Waals surface area contributed by atoms with Crippen molar-refractivity contribution in [2.75, 3.05) is 31.2 Å². The molecule has 144 valence electrons. The molecule has 1 amide bonds. The number of fused-ring (bicyclic) bond motifs is 1. The molecule has 6 nitrogen and oxygen atoms in total. The molecule has 0 radical (unpaired) electrons. The monoisotopic (exact) mass is 369 g/mol. The number of carbonyl (C=O) groups excluding carboxylic acids is 1. The number of ether oxygens (including phenoxy) is 2. The molecule has 0 spiro atoms. The van der Waals surface area contributed by atoms with E-state index in [1.165, 1.54) is 6.42 Å². The fourth-order valence-corrected chi connectivity index (χ4v) is 3.98. The molecular formula is C21H27N3O3. The van der Waals surface area contributed by atoms with Crippen molar-refractivity contribution in [3.05, 3.63) is 36.2 Å². The first-order valence-corrected chi connectivity index (χ1v) is 9.86. The lowest BCUT2D eigenvalue weighted by atomic mass is 9.96. The molecule has 0 saturated carbocycles. The lowest BCUT2D eigenvalue weighted by Crippen LogP contribution is -2.36. The Morgan fingerprint density at radius 3 is 2.81 bits per heavy atom. The Morgan fingerprint density at radius 1 is 1.22 bits per heavy atom. The average molecular weight is 369 g/mol. The number of amides is 1. The standard InChI is InChI=1S/C21H27N3O3/c22-21(25)16-4-5-17-12-23-13-19(18(17)11-16)24-8-6-15(7-9-24)14-27-20-3-1-2-10-26-20/h4-5,11-13,15,20H,1-3,6-10,14H2,(H2,22,25). The number of nitrogens with zero attached hydrogens (tertiary/aromatic N) is 2. The maximum atomic E-state index is 11.5. The highest BCUT2D eigenvalue weighted by molar-refractivity contribution is 6.01. The number of rotatable bonds is 5. The molecule has 4 rings (SSSR count).